The van der Waals surface area contributed by atoms with Gasteiger partial charge in [-0.3, -0.25) is 0 Å². The molecule has 13 rings (SSSR count). The van der Waals surface area contributed by atoms with Crippen molar-refractivity contribution in [2.24, 2.45) is 0 Å². The molecule has 218 valence electrons. The summed E-state index contributed by atoms with van der Waals surface area (Å²) >= 11 is 0. The van der Waals surface area contributed by atoms with Crippen LogP contribution in [0.15, 0.2) is 133 Å². The molecule has 0 unspecified atom stereocenters. The third-order valence-electron chi connectivity index (χ3n) is 11.4. The Labute approximate surface area is 275 Å². The fraction of sp³-hybridized carbons (Fsp3) is 0. The lowest BCUT2D eigenvalue weighted by atomic mass is 9.34. The third-order valence-corrected chi connectivity index (χ3v) is 11.4. The molecule has 4 nitrogen and oxygen atoms in total. The largest absolute Gasteiger partial charge is 0.458 e. The molecule has 2 aromatic heterocycles. The molecule has 0 N–H and O–H groups in total. The molecule has 0 fully saturated rings. The average Bonchev–Trinajstić information content (AvgIpc) is 3.66. The van der Waals surface area contributed by atoms with Crippen LogP contribution in [-0.2, 0) is 0 Å². The quantitative estimate of drug-likeness (QED) is 0.205. The molecule has 4 aliphatic heterocycles. The first-order valence-corrected chi connectivity index (χ1v) is 16.7. The van der Waals surface area contributed by atoms with Crippen LogP contribution in [0.5, 0.6) is 23.0 Å². The fourth-order valence-corrected chi connectivity index (χ4v) is 9.72. The van der Waals surface area contributed by atoms with E-state index in [1.54, 1.807) is 0 Å². The Morgan fingerprint density at radius 3 is 1.88 bits per heavy atom. The van der Waals surface area contributed by atoms with Crippen molar-refractivity contribution in [3.8, 4) is 34.4 Å². The van der Waals surface area contributed by atoms with E-state index in [1.165, 1.54) is 87.8 Å². The highest BCUT2D eigenvalue weighted by atomic mass is 16.5. The predicted octanol–water partition coefficient (Wildman–Crippen LogP) is 5.75. The number of aromatic nitrogens is 2. The zero-order valence-corrected chi connectivity index (χ0v) is 25.6. The van der Waals surface area contributed by atoms with Crippen LogP contribution in [0.1, 0.15) is 0 Å². The van der Waals surface area contributed by atoms with Crippen molar-refractivity contribution in [1.29, 1.82) is 0 Å². The van der Waals surface area contributed by atoms with Crippen molar-refractivity contribution in [2.75, 3.05) is 0 Å². The van der Waals surface area contributed by atoms with Crippen LogP contribution in [-0.4, -0.2) is 22.6 Å². The molecule has 0 amide bonds. The summed E-state index contributed by atoms with van der Waals surface area (Å²) in [5, 5.41) is 5.10. The van der Waals surface area contributed by atoms with Gasteiger partial charge in [0, 0.05) is 32.9 Å². The van der Waals surface area contributed by atoms with Crippen LogP contribution < -0.4 is 42.3 Å². The van der Waals surface area contributed by atoms with Crippen LogP contribution in [0, 0.1) is 0 Å². The topological polar surface area (TPSA) is 28.3 Å². The molecule has 0 radical (unpaired) electrons. The van der Waals surface area contributed by atoms with E-state index in [1.807, 2.05) is 0 Å². The summed E-state index contributed by atoms with van der Waals surface area (Å²) in [4.78, 5) is 0. The maximum absolute atomic E-state index is 6.68. The van der Waals surface area contributed by atoms with Crippen LogP contribution in [0.4, 0.5) is 0 Å². The first-order chi connectivity index (χ1) is 23.8. The van der Waals surface area contributed by atoms with Crippen molar-refractivity contribution >= 4 is 89.8 Å². The lowest BCUT2D eigenvalue weighted by molar-refractivity contribution is 0.487. The highest BCUT2D eigenvalue weighted by Crippen LogP contribution is 2.45. The minimum atomic E-state index is 0.0567. The number of para-hydroxylation sites is 4. The van der Waals surface area contributed by atoms with Gasteiger partial charge in [-0.1, -0.05) is 84.9 Å². The van der Waals surface area contributed by atoms with Gasteiger partial charge >= 0.3 is 0 Å². The van der Waals surface area contributed by atoms with Gasteiger partial charge in [0.15, 0.2) is 0 Å². The summed E-state index contributed by atoms with van der Waals surface area (Å²) in [5.41, 5.74) is 15.0. The SMILES string of the molecule is c1ccc2c(c1)Oc1cccc3c1B2c1cc2c4ccc5c6c4n(c2c2c4ccccc4n-3c12)-c1ccccc1B6c1ccccc1O5. The van der Waals surface area contributed by atoms with Gasteiger partial charge in [-0.15, -0.1) is 0 Å². The van der Waals surface area contributed by atoms with E-state index >= 15 is 0 Å². The lowest BCUT2D eigenvalue weighted by Gasteiger charge is -2.33. The summed E-state index contributed by atoms with van der Waals surface area (Å²) in [6, 6.07) is 48.6. The zero-order valence-electron chi connectivity index (χ0n) is 25.6. The van der Waals surface area contributed by atoms with E-state index in [4.69, 9.17) is 9.47 Å². The molecule has 6 heteroatoms. The van der Waals surface area contributed by atoms with Gasteiger partial charge in [0.05, 0.1) is 22.1 Å². The zero-order chi connectivity index (χ0) is 30.8. The minimum absolute atomic E-state index is 0.0567. The summed E-state index contributed by atoms with van der Waals surface area (Å²) < 4.78 is 18.4. The molecule has 6 heterocycles. The van der Waals surface area contributed by atoms with Gasteiger partial charge in [-0.2, -0.15) is 0 Å². The van der Waals surface area contributed by atoms with Crippen LogP contribution in [0.25, 0.3) is 55.0 Å². The van der Waals surface area contributed by atoms with E-state index in [2.05, 4.69) is 143 Å². The van der Waals surface area contributed by atoms with Crippen molar-refractivity contribution in [3.05, 3.63) is 133 Å². The monoisotopic (exact) mass is 608 g/mol. The Hall–Kier alpha value is -6.13. The summed E-state index contributed by atoms with van der Waals surface area (Å²) in [5.74, 6) is 3.77. The number of rotatable bonds is 0. The van der Waals surface area contributed by atoms with Crippen molar-refractivity contribution in [2.45, 2.75) is 0 Å². The second kappa shape index (κ2) is 8.04. The highest BCUT2D eigenvalue weighted by molar-refractivity contribution is 7.00. The molecular formula is C42H22B2N2O2. The molecule has 0 saturated carbocycles. The maximum atomic E-state index is 6.68. The van der Waals surface area contributed by atoms with E-state index in [-0.39, 0.29) is 13.4 Å². The molecule has 0 spiro atoms. The lowest BCUT2D eigenvalue weighted by Crippen LogP contribution is -2.58. The Kier molecular flexibility index (Phi) is 4.04. The Morgan fingerprint density at radius 1 is 0.396 bits per heavy atom. The van der Waals surface area contributed by atoms with Crippen molar-refractivity contribution in [1.82, 2.24) is 9.13 Å². The molecule has 7 aromatic carbocycles. The van der Waals surface area contributed by atoms with Crippen molar-refractivity contribution < 1.29 is 9.47 Å². The number of ether oxygens (including phenoxy) is 2. The van der Waals surface area contributed by atoms with Gasteiger partial charge in [0.25, 0.3) is 13.4 Å². The number of benzene rings is 7. The number of hydrogen-bond donors (Lipinski definition) is 0. The first kappa shape index (κ1) is 24.1. The number of hydrogen-bond acceptors (Lipinski definition) is 2. The first-order valence-electron chi connectivity index (χ1n) is 16.7. The molecule has 0 aliphatic carbocycles. The number of fused-ring (bicyclic) bond motifs is 16. The van der Waals surface area contributed by atoms with E-state index in [9.17, 15) is 0 Å². The van der Waals surface area contributed by atoms with Gasteiger partial charge in [-0.25, -0.2) is 0 Å². The van der Waals surface area contributed by atoms with Crippen LogP contribution in [0.3, 0.4) is 0 Å². The smallest absolute Gasteiger partial charge is 0.256 e. The maximum Gasteiger partial charge on any atom is 0.256 e. The molecular weight excluding hydrogens is 586 g/mol. The fourth-order valence-electron chi connectivity index (χ4n) is 9.72. The van der Waals surface area contributed by atoms with E-state index in [0.717, 1.165) is 23.0 Å². The second-order valence-electron chi connectivity index (χ2n) is 13.5. The minimum Gasteiger partial charge on any atom is -0.458 e. The van der Waals surface area contributed by atoms with Crippen molar-refractivity contribution in [3.63, 3.8) is 0 Å². The van der Waals surface area contributed by atoms with Crippen LogP contribution in [0.2, 0.25) is 0 Å². The normalized spacial score (nSPS) is 14.1. The van der Waals surface area contributed by atoms with E-state index in [0.29, 0.717) is 0 Å². The van der Waals surface area contributed by atoms with Gasteiger partial charge in [0.2, 0.25) is 0 Å². The highest BCUT2D eigenvalue weighted by Gasteiger charge is 2.44. The molecule has 48 heavy (non-hydrogen) atoms. The van der Waals surface area contributed by atoms with Gasteiger partial charge in [0.1, 0.15) is 23.0 Å². The molecule has 0 bridgehead atoms. The predicted molar refractivity (Wildman–Crippen MR) is 197 cm³/mol. The van der Waals surface area contributed by atoms with Crippen LogP contribution >= 0.6 is 0 Å². The summed E-state index contributed by atoms with van der Waals surface area (Å²) in [6.07, 6.45) is 0. The molecule has 4 aliphatic rings. The standard InChI is InChI=1S/C42H22B2N2O2/c1-5-14-30-24(10-1)37-40-25(22-29-42(37)45(30)32-16-9-19-35-38(32)44(29)28-13-4-8-18-34(28)47-35)23-20-21-36-39-41(23)46(40)31-15-6-2-11-26(31)43(39)27-12-3-7-17-33(27)48-36/h1-22H. The molecule has 0 atom stereocenters. The number of nitrogens with zero attached hydrogens (tertiary/aromatic N) is 2. The Balaban J connectivity index is 1.29. The average molecular weight is 608 g/mol. The van der Waals surface area contributed by atoms with Gasteiger partial charge < -0.3 is 18.6 Å². The second-order valence-corrected chi connectivity index (χ2v) is 13.5. The third kappa shape index (κ3) is 2.58. The summed E-state index contributed by atoms with van der Waals surface area (Å²) in [6.45, 7) is 0.157. The molecule has 0 saturated heterocycles. The Bertz CT molecular complexity index is 2990. The Morgan fingerprint density at radius 2 is 1.04 bits per heavy atom. The summed E-state index contributed by atoms with van der Waals surface area (Å²) in [7, 11) is 0. The van der Waals surface area contributed by atoms with Gasteiger partial charge in [-0.05, 0) is 81.3 Å². The van der Waals surface area contributed by atoms with E-state index < -0.39 is 0 Å². The molecule has 9 aromatic rings.